The lowest BCUT2D eigenvalue weighted by Gasteiger charge is -2.00. The van der Waals surface area contributed by atoms with Crippen molar-refractivity contribution in [2.45, 2.75) is 10.1 Å². The molecule has 0 saturated heterocycles. The second-order valence-electron chi connectivity index (χ2n) is 5.59. The van der Waals surface area contributed by atoms with Crippen molar-refractivity contribution in [3.05, 3.63) is 68.8 Å². The molecule has 4 aromatic rings. The zero-order valence-electron chi connectivity index (χ0n) is 13.9. The van der Waals surface area contributed by atoms with Crippen LogP contribution in [0.2, 0.25) is 10.0 Å². The minimum atomic E-state index is -0.357. The summed E-state index contributed by atoms with van der Waals surface area (Å²) in [5.74, 6) is -0.185. The molecule has 0 aliphatic carbocycles. The summed E-state index contributed by atoms with van der Waals surface area (Å²) in [5, 5.41) is 12.8. The number of thiophene rings is 1. The van der Waals surface area contributed by atoms with E-state index >= 15 is 0 Å². The third-order valence-corrected chi connectivity index (χ3v) is 7.65. The lowest BCUT2D eigenvalue weighted by Crippen LogP contribution is -2.10. The fourth-order valence-corrected chi connectivity index (χ4v) is 5.83. The Kier molecular flexibility index (Phi) is 5.84. The van der Waals surface area contributed by atoms with Gasteiger partial charge in [-0.3, -0.25) is 10.1 Å². The number of rotatable bonds is 5. The Hall–Kier alpha value is -1.71. The van der Waals surface area contributed by atoms with Gasteiger partial charge in [0.1, 0.15) is 10.7 Å². The number of hydrogen-bond acceptors (Lipinski definition) is 6. The molecular formula is C18H10Cl2FN3OS3. The van der Waals surface area contributed by atoms with Crippen LogP contribution in [0.25, 0.3) is 10.1 Å². The van der Waals surface area contributed by atoms with Crippen molar-refractivity contribution in [2.24, 2.45) is 0 Å². The van der Waals surface area contributed by atoms with E-state index in [1.165, 1.54) is 40.5 Å². The molecule has 0 saturated carbocycles. The van der Waals surface area contributed by atoms with Crippen LogP contribution in [0.15, 0.2) is 46.8 Å². The van der Waals surface area contributed by atoms with E-state index in [1.54, 1.807) is 36.4 Å². The molecule has 0 aliphatic heterocycles. The summed E-state index contributed by atoms with van der Waals surface area (Å²) in [5.41, 5.74) is 0.587. The molecule has 4 nitrogen and oxygen atoms in total. The second-order valence-corrected chi connectivity index (χ2v) is 9.66. The van der Waals surface area contributed by atoms with Crippen LogP contribution in [0, 0.1) is 5.82 Å². The fraction of sp³-hybridized carbons (Fsp3) is 0.0556. The fourth-order valence-electron chi connectivity index (χ4n) is 2.41. The molecule has 1 N–H and O–H groups in total. The van der Waals surface area contributed by atoms with Gasteiger partial charge in [-0.2, -0.15) is 0 Å². The van der Waals surface area contributed by atoms with Crippen molar-refractivity contribution in [1.82, 2.24) is 10.2 Å². The van der Waals surface area contributed by atoms with Crippen LogP contribution in [0.5, 0.6) is 0 Å². The van der Waals surface area contributed by atoms with Gasteiger partial charge in [0.05, 0.1) is 5.02 Å². The predicted octanol–water partition coefficient (Wildman–Crippen LogP) is 6.74. The van der Waals surface area contributed by atoms with Crippen molar-refractivity contribution in [3.8, 4) is 0 Å². The van der Waals surface area contributed by atoms with Gasteiger partial charge in [-0.25, -0.2) is 4.39 Å². The van der Waals surface area contributed by atoms with E-state index in [0.717, 1.165) is 10.1 Å². The number of fused-ring (bicyclic) bond motifs is 1. The number of nitrogens with one attached hydrogen (secondary N) is 1. The average molecular weight is 470 g/mol. The first-order chi connectivity index (χ1) is 13.5. The SMILES string of the molecule is O=C(Nc1nnc(SCc2ccccc2F)s1)c1sc2cc(Cl)ccc2c1Cl. The number of amides is 1. The summed E-state index contributed by atoms with van der Waals surface area (Å²) in [4.78, 5) is 13.0. The normalized spacial score (nSPS) is 11.1. The molecule has 0 spiro atoms. The second kappa shape index (κ2) is 8.34. The highest BCUT2D eigenvalue weighted by Gasteiger charge is 2.19. The Labute approximate surface area is 181 Å². The van der Waals surface area contributed by atoms with Crippen LogP contribution in [0.1, 0.15) is 15.2 Å². The highest BCUT2D eigenvalue weighted by Crippen LogP contribution is 2.37. The smallest absolute Gasteiger partial charge is 0.269 e. The van der Waals surface area contributed by atoms with Crippen LogP contribution in [-0.4, -0.2) is 16.1 Å². The highest BCUT2D eigenvalue weighted by atomic mass is 35.5. The predicted molar refractivity (Wildman–Crippen MR) is 116 cm³/mol. The molecular weight excluding hydrogens is 460 g/mol. The molecule has 142 valence electrons. The number of halogens is 3. The maximum atomic E-state index is 13.7. The zero-order chi connectivity index (χ0) is 19.7. The van der Waals surface area contributed by atoms with Crippen molar-refractivity contribution in [3.63, 3.8) is 0 Å². The van der Waals surface area contributed by atoms with Crippen molar-refractivity contribution in [1.29, 1.82) is 0 Å². The first-order valence-electron chi connectivity index (χ1n) is 7.90. The quantitative estimate of drug-likeness (QED) is 0.259. The van der Waals surface area contributed by atoms with E-state index in [-0.39, 0.29) is 11.7 Å². The van der Waals surface area contributed by atoms with E-state index in [9.17, 15) is 9.18 Å². The molecule has 0 aliphatic rings. The number of anilines is 1. The minimum absolute atomic E-state index is 0.257. The Morgan fingerprint density at radius 2 is 1.96 bits per heavy atom. The lowest BCUT2D eigenvalue weighted by atomic mass is 10.2. The van der Waals surface area contributed by atoms with Gasteiger partial charge in [0.25, 0.3) is 5.91 Å². The van der Waals surface area contributed by atoms with E-state index in [0.29, 0.717) is 35.7 Å². The highest BCUT2D eigenvalue weighted by molar-refractivity contribution is 8.00. The zero-order valence-corrected chi connectivity index (χ0v) is 17.9. The standard InChI is InChI=1S/C18H10Cl2FN3OS3/c19-10-5-6-11-13(7-10)27-15(14(11)20)16(25)22-17-23-24-18(28-17)26-8-9-3-1-2-4-12(9)21/h1-7H,8H2,(H,22,23,25). The molecule has 0 radical (unpaired) electrons. The van der Waals surface area contributed by atoms with Gasteiger partial charge < -0.3 is 0 Å². The van der Waals surface area contributed by atoms with E-state index in [4.69, 9.17) is 23.2 Å². The first-order valence-corrected chi connectivity index (χ1v) is 11.3. The molecule has 2 aromatic carbocycles. The number of carbonyl (C=O) groups is 1. The monoisotopic (exact) mass is 469 g/mol. The maximum Gasteiger partial charge on any atom is 0.269 e. The average Bonchev–Trinajstić information content (AvgIpc) is 3.25. The van der Waals surface area contributed by atoms with E-state index in [1.807, 2.05) is 0 Å². The lowest BCUT2D eigenvalue weighted by molar-refractivity contribution is 0.103. The maximum absolute atomic E-state index is 13.7. The molecule has 2 aromatic heterocycles. The van der Waals surface area contributed by atoms with Crippen molar-refractivity contribution < 1.29 is 9.18 Å². The molecule has 4 rings (SSSR count). The molecule has 2 heterocycles. The number of hydrogen-bond donors (Lipinski definition) is 1. The van der Waals surface area contributed by atoms with Crippen LogP contribution < -0.4 is 5.32 Å². The van der Waals surface area contributed by atoms with Gasteiger partial charge in [0.2, 0.25) is 5.13 Å². The van der Waals surface area contributed by atoms with Gasteiger partial charge in [-0.15, -0.1) is 21.5 Å². The van der Waals surface area contributed by atoms with Gasteiger partial charge in [-0.05, 0) is 23.8 Å². The Balaban J connectivity index is 1.46. The van der Waals surface area contributed by atoms with Gasteiger partial charge in [0.15, 0.2) is 4.34 Å². The molecule has 0 atom stereocenters. The topological polar surface area (TPSA) is 54.9 Å². The number of aromatic nitrogens is 2. The third-order valence-electron chi connectivity index (χ3n) is 3.73. The molecule has 0 unspecified atom stereocenters. The minimum Gasteiger partial charge on any atom is -0.296 e. The number of benzene rings is 2. The third kappa shape index (κ3) is 4.16. The first kappa shape index (κ1) is 19.6. The summed E-state index contributed by atoms with van der Waals surface area (Å²) < 4.78 is 15.2. The van der Waals surface area contributed by atoms with E-state index < -0.39 is 0 Å². The van der Waals surface area contributed by atoms with E-state index in [2.05, 4.69) is 15.5 Å². The summed E-state index contributed by atoms with van der Waals surface area (Å²) in [6, 6.07) is 11.9. The van der Waals surface area contributed by atoms with Gasteiger partial charge in [-0.1, -0.05) is 70.6 Å². The van der Waals surface area contributed by atoms with Gasteiger partial charge >= 0.3 is 0 Å². The summed E-state index contributed by atoms with van der Waals surface area (Å²) in [6.07, 6.45) is 0. The Bertz CT molecular complexity index is 1180. The Morgan fingerprint density at radius 3 is 2.79 bits per heavy atom. The van der Waals surface area contributed by atoms with Crippen molar-refractivity contribution >= 4 is 78.8 Å². The number of thioether (sulfide) groups is 1. The Morgan fingerprint density at radius 1 is 1.14 bits per heavy atom. The summed E-state index contributed by atoms with van der Waals surface area (Å²) in [6.45, 7) is 0. The van der Waals surface area contributed by atoms with Crippen LogP contribution in [0.3, 0.4) is 0 Å². The molecule has 0 fully saturated rings. The molecule has 10 heteroatoms. The largest absolute Gasteiger partial charge is 0.296 e. The molecule has 0 bridgehead atoms. The molecule has 28 heavy (non-hydrogen) atoms. The summed E-state index contributed by atoms with van der Waals surface area (Å²) >= 11 is 16.2. The van der Waals surface area contributed by atoms with Crippen LogP contribution in [-0.2, 0) is 5.75 Å². The van der Waals surface area contributed by atoms with Crippen molar-refractivity contribution in [2.75, 3.05) is 5.32 Å². The number of nitrogens with zero attached hydrogens (tertiary/aromatic N) is 2. The van der Waals surface area contributed by atoms with Crippen LogP contribution in [0.4, 0.5) is 9.52 Å². The van der Waals surface area contributed by atoms with Gasteiger partial charge in [0, 0.05) is 20.9 Å². The summed E-state index contributed by atoms with van der Waals surface area (Å²) in [7, 11) is 0. The number of carbonyl (C=O) groups excluding carboxylic acids is 1. The van der Waals surface area contributed by atoms with Crippen LogP contribution >= 0.6 is 57.6 Å². The molecule has 1 amide bonds.